The predicted molar refractivity (Wildman–Crippen MR) is 115 cm³/mol. The number of nitrogens with one attached hydrogen (secondary N) is 1. The van der Waals surface area contributed by atoms with E-state index >= 15 is 0 Å². The van der Waals surface area contributed by atoms with E-state index in [1.165, 1.54) is 17.5 Å². The van der Waals surface area contributed by atoms with Gasteiger partial charge in [0.1, 0.15) is 5.75 Å². The zero-order valence-electron chi connectivity index (χ0n) is 17.3. The van der Waals surface area contributed by atoms with Crippen LogP contribution >= 0.6 is 0 Å². The van der Waals surface area contributed by atoms with Gasteiger partial charge in [-0.1, -0.05) is 44.0 Å². The van der Waals surface area contributed by atoms with Gasteiger partial charge in [-0.2, -0.15) is 0 Å². The molecule has 29 heavy (non-hydrogen) atoms. The van der Waals surface area contributed by atoms with E-state index < -0.39 is 6.10 Å². The van der Waals surface area contributed by atoms with Gasteiger partial charge in [0.15, 0.2) is 0 Å². The van der Waals surface area contributed by atoms with E-state index in [0.717, 1.165) is 38.1 Å². The van der Waals surface area contributed by atoms with Gasteiger partial charge < -0.3 is 15.2 Å². The van der Waals surface area contributed by atoms with E-state index in [1.807, 2.05) is 12.1 Å². The highest BCUT2D eigenvalue weighted by atomic mass is 16.5. The number of fused-ring (bicyclic) bond motifs is 1. The van der Waals surface area contributed by atoms with E-state index in [1.54, 1.807) is 12.1 Å². The largest absolute Gasteiger partial charge is 0.494 e. The molecular weight excluding hydrogens is 364 g/mol. The summed E-state index contributed by atoms with van der Waals surface area (Å²) in [7, 11) is 0. The fourth-order valence-corrected chi connectivity index (χ4v) is 3.63. The minimum absolute atomic E-state index is 0.175. The molecule has 1 heterocycles. The van der Waals surface area contributed by atoms with Crippen molar-refractivity contribution in [3.63, 3.8) is 0 Å². The van der Waals surface area contributed by atoms with Crippen molar-refractivity contribution >= 4 is 5.91 Å². The minimum atomic E-state index is -0.592. The van der Waals surface area contributed by atoms with Crippen molar-refractivity contribution in [1.29, 1.82) is 0 Å². The summed E-state index contributed by atoms with van der Waals surface area (Å²) in [5, 5.41) is 13.2. The highest BCUT2D eigenvalue weighted by Crippen LogP contribution is 2.18. The maximum absolute atomic E-state index is 12.3. The van der Waals surface area contributed by atoms with Gasteiger partial charge in [-0.3, -0.25) is 9.69 Å². The van der Waals surface area contributed by atoms with Crippen LogP contribution in [-0.2, 0) is 13.0 Å². The zero-order valence-corrected chi connectivity index (χ0v) is 17.3. The number of amides is 1. The Labute approximate surface area is 173 Å². The van der Waals surface area contributed by atoms with Crippen LogP contribution in [0.5, 0.6) is 5.75 Å². The Morgan fingerprint density at radius 1 is 1.14 bits per heavy atom. The molecule has 2 aromatic rings. The molecule has 2 aromatic carbocycles. The fraction of sp³-hybridized carbons (Fsp3) is 0.458. The Balaban J connectivity index is 1.39. The van der Waals surface area contributed by atoms with E-state index in [2.05, 4.69) is 41.4 Å². The third kappa shape index (κ3) is 6.58. The van der Waals surface area contributed by atoms with E-state index in [0.29, 0.717) is 18.7 Å². The van der Waals surface area contributed by atoms with Gasteiger partial charge in [-0.05, 0) is 48.2 Å². The van der Waals surface area contributed by atoms with Crippen molar-refractivity contribution in [2.24, 2.45) is 0 Å². The summed E-state index contributed by atoms with van der Waals surface area (Å²) in [6.07, 6.45) is 3.78. The number of ether oxygens (including phenoxy) is 1. The quantitative estimate of drug-likeness (QED) is 0.604. The molecule has 1 aliphatic rings. The number of unbranched alkanes of at least 4 members (excludes halogenated alkanes) is 2. The molecule has 0 radical (unpaired) electrons. The molecule has 0 spiro atoms. The molecule has 0 aliphatic carbocycles. The van der Waals surface area contributed by atoms with Crippen molar-refractivity contribution in [2.75, 3.05) is 26.2 Å². The molecule has 1 amide bonds. The molecular formula is C24H32N2O3. The molecule has 0 fully saturated rings. The van der Waals surface area contributed by atoms with Gasteiger partial charge in [0.05, 0.1) is 12.7 Å². The maximum Gasteiger partial charge on any atom is 0.251 e. The number of aliphatic hydroxyl groups is 1. The number of rotatable bonds is 10. The first kappa shape index (κ1) is 21.3. The van der Waals surface area contributed by atoms with Crippen molar-refractivity contribution in [2.45, 2.75) is 45.3 Å². The monoisotopic (exact) mass is 396 g/mol. The number of benzene rings is 2. The van der Waals surface area contributed by atoms with Crippen LogP contribution in [0.3, 0.4) is 0 Å². The first-order valence-electron chi connectivity index (χ1n) is 10.6. The second kappa shape index (κ2) is 11.0. The summed E-state index contributed by atoms with van der Waals surface area (Å²) in [6, 6.07) is 15.6. The molecule has 1 atom stereocenters. The first-order valence-corrected chi connectivity index (χ1v) is 10.6. The second-order valence-electron chi connectivity index (χ2n) is 7.70. The molecule has 1 aliphatic heterocycles. The molecule has 0 saturated carbocycles. The van der Waals surface area contributed by atoms with Crippen LogP contribution in [0.1, 0.15) is 47.7 Å². The van der Waals surface area contributed by atoms with E-state index in [-0.39, 0.29) is 12.5 Å². The summed E-state index contributed by atoms with van der Waals surface area (Å²) in [4.78, 5) is 14.6. The minimum Gasteiger partial charge on any atom is -0.494 e. The molecule has 156 valence electrons. The number of carbonyl (C=O) groups is 1. The average molecular weight is 397 g/mol. The molecule has 0 unspecified atom stereocenters. The van der Waals surface area contributed by atoms with Crippen LogP contribution in [0.4, 0.5) is 0 Å². The van der Waals surface area contributed by atoms with Crippen molar-refractivity contribution in [3.8, 4) is 5.75 Å². The van der Waals surface area contributed by atoms with E-state index in [9.17, 15) is 9.90 Å². The van der Waals surface area contributed by atoms with Crippen LogP contribution in [0.15, 0.2) is 48.5 Å². The lowest BCUT2D eigenvalue weighted by atomic mass is 10.00. The number of aliphatic hydroxyl groups excluding tert-OH is 1. The fourth-order valence-electron chi connectivity index (χ4n) is 3.63. The standard InChI is InChI=1S/C24H32N2O3/c1-2-3-6-15-29-23-11-9-20(10-12-23)24(28)25-16-22(27)18-26-14-13-19-7-4-5-8-21(19)17-26/h4-5,7-12,22,27H,2-3,6,13-18H2,1H3,(H,25,28)/t22-/m0/s1. The molecule has 5 nitrogen and oxygen atoms in total. The first-order chi connectivity index (χ1) is 14.2. The summed E-state index contributed by atoms with van der Waals surface area (Å²) < 4.78 is 5.67. The van der Waals surface area contributed by atoms with Crippen molar-refractivity contribution in [1.82, 2.24) is 10.2 Å². The van der Waals surface area contributed by atoms with Crippen LogP contribution in [0.2, 0.25) is 0 Å². The normalized spacial score (nSPS) is 14.8. The van der Waals surface area contributed by atoms with Gasteiger partial charge in [0.25, 0.3) is 5.91 Å². The Hall–Kier alpha value is -2.37. The summed E-state index contributed by atoms with van der Waals surface area (Å²) >= 11 is 0. The van der Waals surface area contributed by atoms with Crippen LogP contribution in [0, 0.1) is 0 Å². The number of carbonyl (C=O) groups excluding carboxylic acids is 1. The van der Waals surface area contributed by atoms with Crippen LogP contribution in [-0.4, -0.2) is 48.3 Å². The summed E-state index contributed by atoms with van der Waals surface area (Å²) in [5.41, 5.74) is 3.29. The average Bonchev–Trinajstić information content (AvgIpc) is 2.75. The highest BCUT2D eigenvalue weighted by molar-refractivity contribution is 5.94. The number of β-amino-alcohol motifs (C(OH)–C–C–N with tert-alkyl or cyclic N) is 1. The van der Waals surface area contributed by atoms with Crippen molar-refractivity contribution < 1.29 is 14.6 Å². The molecule has 5 heteroatoms. The topological polar surface area (TPSA) is 61.8 Å². The summed E-state index contributed by atoms with van der Waals surface area (Å²) in [5.74, 6) is 0.605. The zero-order chi connectivity index (χ0) is 20.5. The van der Waals surface area contributed by atoms with Crippen LogP contribution < -0.4 is 10.1 Å². The lowest BCUT2D eigenvalue weighted by Gasteiger charge is -2.30. The SMILES string of the molecule is CCCCCOc1ccc(C(=O)NC[C@H](O)CN2CCc3ccccc3C2)cc1. The third-order valence-corrected chi connectivity index (χ3v) is 5.31. The summed E-state index contributed by atoms with van der Waals surface area (Å²) in [6.45, 7) is 5.44. The Bertz CT molecular complexity index is 776. The lowest BCUT2D eigenvalue weighted by Crippen LogP contribution is -2.42. The molecule has 0 bridgehead atoms. The second-order valence-corrected chi connectivity index (χ2v) is 7.70. The number of nitrogens with zero attached hydrogens (tertiary/aromatic N) is 1. The Morgan fingerprint density at radius 3 is 2.66 bits per heavy atom. The van der Waals surface area contributed by atoms with E-state index in [4.69, 9.17) is 4.74 Å². The maximum atomic E-state index is 12.3. The van der Waals surface area contributed by atoms with Gasteiger partial charge in [-0.25, -0.2) is 0 Å². The van der Waals surface area contributed by atoms with Gasteiger partial charge in [0.2, 0.25) is 0 Å². The number of hydrogen-bond acceptors (Lipinski definition) is 4. The lowest BCUT2D eigenvalue weighted by molar-refractivity contribution is 0.0842. The molecule has 0 aromatic heterocycles. The smallest absolute Gasteiger partial charge is 0.251 e. The van der Waals surface area contributed by atoms with Gasteiger partial charge in [0, 0.05) is 31.7 Å². The Kier molecular flexibility index (Phi) is 8.08. The Morgan fingerprint density at radius 2 is 1.90 bits per heavy atom. The van der Waals surface area contributed by atoms with Gasteiger partial charge >= 0.3 is 0 Å². The number of hydrogen-bond donors (Lipinski definition) is 2. The molecule has 3 rings (SSSR count). The molecule has 2 N–H and O–H groups in total. The highest BCUT2D eigenvalue weighted by Gasteiger charge is 2.19. The van der Waals surface area contributed by atoms with Crippen molar-refractivity contribution in [3.05, 3.63) is 65.2 Å². The molecule has 0 saturated heterocycles. The van der Waals surface area contributed by atoms with Crippen LogP contribution in [0.25, 0.3) is 0 Å². The predicted octanol–water partition coefficient (Wildman–Crippen LogP) is 3.40. The van der Waals surface area contributed by atoms with Gasteiger partial charge in [-0.15, -0.1) is 0 Å². The third-order valence-electron chi connectivity index (χ3n) is 5.31.